The highest BCUT2D eigenvalue weighted by molar-refractivity contribution is 6.12. The fraction of sp³-hybridized carbons (Fsp3) is 0.250. The lowest BCUT2D eigenvalue weighted by atomic mass is 9.99. The molecule has 0 aliphatic heterocycles. The van der Waals surface area contributed by atoms with Crippen LogP contribution in [0.15, 0.2) is 36.4 Å². The van der Waals surface area contributed by atoms with Crippen LogP contribution in [0.25, 0.3) is 10.8 Å². The summed E-state index contributed by atoms with van der Waals surface area (Å²) in [6.07, 6.45) is 0. The zero-order valence-electron chi connectivity index (χ0n) is 11.4. The topological polar surface area (TPSA) is 63.6 Å². The van der Waals surface area contributed by atoms with Gasteiger partial charge >= 0.3 is 11.9 Å². The zero-order valence-corrected chi connectivity index (χ0v) is 11.4. The molecule has 0 atom stereocenters. The van der Waals surface area contributed by atoms with Gasteiger partial charge in [-0.1, -0.05) is 44.2 Å². The first-order valence-electron chi connectivity index (χ1n) is 6.43. The van der Waals surface area contributed by atoms with E-state index in [0.29, 0.717) is 5.39 Å². The molecule has 0 unspecified atom stereocenters. The van der Waals surface area contributed by atoms with E-state index in [-0.39, 0.29) is 23.7 Å². The van der Waals surface area contributed by atoms with Gasteiger partial charge in [-0.2, -0.15) is 0 Å². The molecule has 0 aliphatic rings. The summed E-state index contributed by atoms with van der Waals surface area (Å²) in [5, 5.41) is 10.7. The number of carbonyl (C=O) groups is 2. The van der Waals surface area contributed by atoms with Crippen molar-refractivity contribution in [3.8, 4) is 0 Å². The van der Waals surface area contributed by atoms with Crippen molar-refractivity contribution in [3.05, 3.63) is 47.5 Å². The Hall–Kier alpha value is -2.36. The van der Waals surface area contributed by atoms with Gasteiger partial charge in [0.1, 0.15) is 0 Å². The van der Waals surface area contributed by atoms with Gasteiger partial charge in [-0.3, -0.25) is 0 Å². The number of esters is 1. The third-order valence-corrected chi connectivity index (χ3v) is 2.91. The molecule has 2 rings (SSSR count). The van der Waals surface area contributed by atoms with E-state index in [1.165, 1.54) is 6.07 Å². The van der Waals surface area contributed by atoms with Gasteiger partial charge in [-0.05, 0) is 22.8 Å². The number of fused-ring (bicyclic) bond motifs is 1. The average Bonchev–Trinajstić information content (AvgIpc) is 2.43. The Balaban J connectivity index is 2.55. The second-order valence-corrected chi connectivity index (χ2v) is 5.01. The van der Waals surface area contributed by atoms with Crippen LogP contribution in [0, 0.1) is 5.92 Å². The van der Waals surface area contributed by atoms with Crippen molar-refractivity contribution in [2.24, 2.45) is 5.92 Å². The number of hydrogen-bond acceptors (Lipinski definition) is 3. The minimum Gasteiger partial charge on any atom is -0.478 e. The molecule has 0 aromatic heterocycles. The average molecular weight is 272 g/mol. The zero-order chi connectivity index (χ0) is 14.7. The number of aromatic carboxylic acids is 1. The summed E-state index contributed by atoms with van der Waals surface area (Å²) in [6.45, 7) is 4.12. The molecule has 0 heterocycles. The van der Waals surface area contributed by atoms with E-state index in [9.17, 15) is 14.7 Å². The van der Waals surface area contributed by atoms with Crippen molar-refractivity contribution in [2.75, 3.05) is 6.61 Å². The van der Waals surface area contributed by atoms with E-state index < -0.39 is 11.9 Å². The van der Waals surface area contributed by atoms with Gasteiger partial charge in [0.05, 0.1) is 17.7 Å². The second-order valence-electron chi connectivity index (χ2n) is 5.01. The minimum absolute atomic E-state index is 0.0301. The normalized spacial score (nSPS) is 10.8. The minimum atomic E-state index is -1.13. The summed E-state index contributed by atoms with van der Waals surface area (Å²) in [7, 11) is 0. The van der Waals surface area contributed by atoms with Gasteiger partial charge in [-0.25, -0.2) is 9.59 Å². The molecule has 4 nitrogen and oxygen atoms in total. The van der Waals surface area contributed by atoms with Gasteiger partial charge in [0.25, 0.3) is 0 Å². The number of carbonyl (C=O) groups excluding carboxylic acids is 1. The highest BCUT2D eigenvalue weighted by atomic mass is 16.5. The van der Waals surface area contributed by atoms with Gasteiger partial charge < -0.3 is 9.84 Å². The maximum atomic E-state index is 12.2. The van der Waals surface area contributed by atoms with Crippen LogP contribution in [0.2, 0.25) is 0 Å². The van der Waals surface area contributed by atoms with E-state index in [2.05, 4.69) is 0 Å². The Bertz CT molecular complexity index is 659. The maximum Gasteiger partial charge on any atom is 0.339 e. The van der Waals surface area contributed by atoms with Crippen molar-refractivity contribution < 1.29 is 19.4 Å². The molecule has 0 saturated carbocycles. The lowest BCUT2D eigenvalue weighted by Crippen LogP contribution is -2.15. The van der Waals surface area contributed by atoms with Crippen LogP contribution in [-0.2, 0) is 4.74 Å². The van der Waals surface area contributed by atoms with Crippen molar-refractivity contribution >= 4 is 22.7 Å². The van der Waals surface area contributed by atoms with Gasteiger partial charge in [0, 0.05) is 0 Å². The highest BCUT2D eigenvalue weighted by Gasteiger charge is 2.21. The Kier molecular flexibility index (Phi) is 4.03. The van der Waals surface area contributed by atoms with Crippen molar-refractivity contribution in [2.45, 2.75) is 13.8 Å². The first-order chi connectivity index (χ1) is 9.50. The molecule has 0 spiro atoms. The smallest absolute Gasteiger partial charge is 0.339 e. The number of carboxylic acids is 1. The van der Waals surface area contributed by atoms with Crippen LogP contribution in [0.4, 0.5) is 0 Å². The Morgan fingerprint density at radius 3 is 2.50 bits per heavy atom. The van der Waals surface area contributed by atoms with E-state index in [0.717, 1.165) is 5.39 Å². The van der Waals surface area contributed by atoms with E-state index >= 15 is 0 Å². The molecule has 4 heteroatoms. The van der Waals surface area contributed by atoms with E-state index in [1.807, 2.05) is 26.0 Å². The molecular formula is C16H16O4. The summed E-state index contributed by atoms with van der Waals surface area (Å²) in [6, 6.07) is 10.3. The summed E-state index contributed by atoms with van der Waals surface area (Å²) in [4.78, 5) is 23.5. The quantitative estimate of drug-likeness (QED) is 0.867. The molecule has 1 N–H and O–H groups in total. The number of ether oxygens (including phenoxy) is 1. The van der Waals surface area contributed by atoms with Crippen LogP contribution in [-0.4, -0.2) is 23.7 Å². The summed E-state index contributed by atoms with van der Waals surface area (Å²) < 4.78 is 5.19. The summed E-state index contributed by atoms with van der Waals surface area (Å²) in [5.74, 6) is -1.53. The molecule has 0 radical (unpaired) electrons. The predicted octanol–water partition coefficient (Wildman–Crippen LogP) is 3.35. The van der Waals surface area contributed by atoms with Crippen LogP contribution in [0.1, 0.15) is 34.6 Å². The molecule has 0 aliphatic carbocycles. The highest BCUT2D eigenvalue weighted by Crippen LogP contribution is 2.23. The van der Waals surface area contributed by atoms with Crippen LogP contribution < -0.4 is 0 Å². The first-order valence-corrected chi connectivity index (χ1v) is 6.43. The lowest BCUT2D eigenvalue weighted by molar-refractivity contribution is 0.0453. The van der Waals surface area contributed by atoms with Crippen molar-refractivity contribution in [1.82, 2.24) is 0 Å². The molecule has 0 saturated heterocycles. The van der Waals surface area contributed by atoms with E-state index in [4.69, 9.17) is 4.74 Å². The van der Waals surface area contributed by atoms with Crippen molar-refractivity contribution in [1.29, 1.82) is 0 Å². The Morgan fingerprint density at radius 1 is 1.15 bits per heavy atom. The van der Waals surface area contributed by atoms with E-state index in [1.54, 1.807) is 18.2 Å². The molecule has 104 valence electrons. The molecular weight excluding hydrogens is 256 g/mol. The Morgan fingerprint density at radius 2 is 1.85 bits per heavy atom. The SMILES string of the molecule is CC(C)COC(=O)c1c(C(=O)O)ccc2ccccc12. The standard InChI is InChI=1S/C16H16O4/c1-10(2)9-20-16(19)14-12-6-4-3-5-11(12)7-8-13(14)15(17)18/h3-8,10H,9H2,1-2H3,(H,17,18). The Labute approximate surface area is 117 Å². The van der Waals surface area contributed by atoms with Crippen molar-refractivity contribution in [3.63, 3.8) is 0 Å². The monoisotopic (exact) mass is 272 g/mol. The van der Waals surface area contributed by atoms with Crippen LogP contribution in [0.5, 0.6) is 0 Å². The molecule has 0 bridgehead atoms. The van der Waals surface area contributed by atoms with Crippen LogP contribution in [0.3, 0.4) is 0 Å². The molecule has 20 heavy (non-hydrogen) atoms. The predicted molar refractivity (Wildman–Crippen MR) is 76.0 cm³/mol. The fourth-order valence-electron chi connectivity index (χ4n) is 1.98. The molecule has 2 aromatic rings. The number of carboxylic acid groups (broad SMARTS) is 1. The number of hydrogen-bond donors (Lipinski definition) is 1. The maximum absolute atomic E-state index is 12.2. The third kappa shape index (κ3) is 2.79. The van der Waals surface area contributed by atoms with Crippen LogP contribution >= 0.6 is 0 Å². The first kappa shape index (κ1) is 14.1. The van der Waals surface area contributed by atoms with Gasteiger partial charge in [0.2, 0.25) is 0 Å². The largest absolute Gasteiger partial charge is 0.478 e. The van der Waals surface area contributed by atoms with Gasteiger partial charge in [-0.15, -0.1) is 0 Å². The molecule has 0 amide bonds. The number of benzene rings is 2. The fourth-order valence-corrected chi connectivity index (χ4v) is 1.98. The molecule has 0 fully saturated rings. The third-order valence-electron chi connectivity index (χ3n) is 2.91. The molecule has 2 aromatic carbocycles. The lowest BCUT2D eigenvalue weighted by Gasteiger charge is -2.11. The summed E-state index contributed by atoms with van der Waals surface area (Å²) in [5.41, 5.74) is 0.0914. The van der Waals surface area contributed by atoms with Gasteiger partial charge in [0.15, 0.2) is 0 Å². The second kappa shape index (κ2) is 5.74. The summed E-state index contributed by atoms with van der Waals surface area (Å²) >= 11 is 0. The number of rotatable bonds is 4.